The maximum atomic E-state index is 12.4. The molecule has 2 rings (SSSR count). The normalized spacial score (nSPS) is 11.4. The Kier molecular flexibility index (Phi) is 6.43. The largest absolute Gasteiger partial charge is 0.490 e. The van der Waals surface area contributed by atoms with E-state index in [1.54, 1.807) is 18.2 Å². The molecule has 1 amide bonds. The maximum Gasteiger partial charge on any atom is 0.265 e. The summed E-state index contributed by atoms with van der Waals surface area (Å²) < 4.78 is 11.3. The van der Waals surface area contributed by atoms with Crippen LogP contribution in [0.5, 0.6) is 11.5 Å². The van der Waals surface area contributed by atoms with Gasteiger partial charge in [-0.15, -0.1) is 0 Å². The van der Waals surface area contributed by atoms with Gasteiger partial charge < -0.3 is 14.8 Å². The van der Waals surface area contributed by atoms with Crippen molar-refractivity contribution in [3.63, 3.8) is 0 Å². The van der Waals surface area contributed by atoms with Crippen LogP contribution < -0.4 is 14.8 Å². The van der Waals surface area contributed by atoms with Crippen LogP contribution in [0.15, 0.2) is 61.2 Å². The van der Waals surface area contributed by atoms with Crippen molar-refractivity contribution < 1.29 is 14.3 Å². The van der Waals surface area contributed by atoms with E-state index in [9.17, 15) is 4.79 Å². The lowest BCUT2D eigenvalue weighted by atomic mass is 10.2. The van der Waals surface area contributed by atoms with Gasteiger partial charge in [0.05, 0.1) is 0 Å². The van der Waals surface area contributed by atoms with Crippen LogP contribution in [0.4, 0.5) is 5.69 Å². The van der Waals surface area contributed by atoms with Gasteiger partial charge in [-0.3, -0.25) is 4.79 Å². The first-order valence-electron chi connectivity index (χ1n) is 8.01. The Bertz CT molecular complexity index is 680. The molecule has 0 spiro atoms. The Hall–Kier alpha value is -2.75. The summed E-state index contributed by atoms with van der Waals surface area (Å²) in [5.41, 5.74) is 1.71. The maximum absolute atomic E-state index is 12.4. The monoisotopic (exact) mass is 325 g/mol. The molecule has 2 aromatic rings. The minimum absolute atomic E-state index is 0.166. The molecule has 0 heterocycles. The van der Waals surface area contributed by atoms with E-state index in [0.717, 1.165) is 17.1 Å². The van der Waals surface area contributed by atoms with Crippen molar-refractivity contribution in [1.82, 2.24) is 0 Å². The molecule has 24 heavy (non-hydrogen) atoms. The average Bonchev–Trinajstić information content (AvgIpc) is 2.60. The molecule has 1 atom stereocenters. The predicted molar refractivity (Wildman–Crippen MR) is 96.6 cm³/mol. The van der Waals surface area contributed by atoms with Crippen LogP contribution in [0.1, 0.15) is 18.9 Å². The van der Waals surface area contributed by atoms with Gasteiger partial charge in [-0.25, -0.2) is 0 Å². The van der Waals surface area contributed by atoms with Crippen molar-refractivity contribution in [3.05, 3.63) is 66.7 Å². The van der Waals surface area contributed by atoms with E-state index in [1.807, 2.05) is 50.2 Å². The summed E-state index contributed by atoms with van der Waals surface area (Å²) in [5.74, 6) is 1.30. The molecule has 0 unspecified atom stereocenters. The highest BCUT2D eigenvalue weighted by molar-refractivity contribution is 5.94. The minimum Gasteiger partial charge on any atom is -0.490 e. The summed E-state index contributed by atoms with van der Waals surface area (Å²) >= 11 is 0. The molecule has 126 valence electrons. The van der Waals surface area contributed by atoms with Gasteiger partial charge in [-0.1, -0.05) is 37.8 Å². The molecule has 0 aromatic heterocycles. The SMILES string of the molecule is C=CCOc1ccc(NC(=O)[C@H](CC)Oc2ccccc2C)cc1. The first-order chi connectivity index (χ1) is 11.6. The van der Waals surface area contributed by atoms with Gasteiger partial charge in [0.2, 0.25) is 0 Å². The second kappa shape index (κ2) is 8.77. The Labute approximate surface area is 143 Å². The summed E-state index contributed by atoms with van der Waals surface area (Å²) in [6.07, 6.45) is 1.73. The highest BCUT2D eigenvalue weighted by Crippen LogP contribution is 2.20. The van der Waals surface area contributed by atoms with Crippen LogP contribution in [0, 0.1) is 6.92 Å². The van der Waals surface area contributed by atoms with E-state index in [0.29, 0.717) is 18.7 Å². The number of carbonyl (C=O) groups is 1. The van der Waals surface area contributed by atoms with E-state index < -0.39 is 6.10 Å². The fourth-order valence-corrected chi connectivity index (χ4v) is 2.18. The Morgan fingerprint density at radius 3 is 2.54 bits per heavy atom. The van der Waals surface area contributed by atoms with Crippen LogP contribution in [0.25, 0.3) is 0 Å². The van der Waals surface area contributed by atoms with E-state index in [-0.39, 0.29) is 5.91 Å². The predicted octanol–water partition coefficient (Wildman–Crippen LogP) is 4.36. The summed E-state index contributed by atoms with van der Waals surface area (Å²) in [6.45, 7) is 7.94. The fraction of sp³-hybridized carbons (Fsp3) is 0.250. The Balaban J connectivity index is 1.98. The standard InChI is InChI=1S/C20H23NO3/c1-4-14-23-17-12-10-16(11-13-17)21-20(22)18(5-2)24-19-9-7-6-8-15(19)3/h4,6-13,18H,1,5,14H2,2-3H3,(H,21,22)/t18-/m0/s1. The summed E-state index contributed by atoms with van der Waals surface area (Å²) in [6, 6.07) is 14.9. The van der Waals surface area contributed by atoms with Crippen LogP contribution in [-0.4, -0.2) is 18.6 Å². The Morgan fingerprint density at radius 2 is 1.92 bits per heavy atom. The molecule has 2 aromatic carbocycles. The number of nitrogens with one attached hydrogen (secondary N) is 1. The Morgan fingerprint density at radius 1 is 1.21 bits per heavy atom. The molecule has 1 N–H and O–H groups in total. The molecule has 4 nitrogen and oxygen atoms in total. The zero-order valence-corrected chi connectivity index (χ0v) is 14.1. The third-order valence-corrected chi connectivity index (χ3v) is 3.52. The van der Waals surface area contributed by atoms with E-state index in [1.165, 1.54) is 0 Å². The topological polar surface area (TPSA) is 47.6 Å². The van der Waals surface area contributed by atoms with Crippen LogP contribution in [0.2, 0.25) is 0 Å². The van der Waals surface area contributed by atoms with E-state index in [4.69, 9.17) is 9.47 Å². The molecule has 0 radical (unpaired) electrons. The second-order valence-corrected chi connectivity index (χ2v) is 5.39. The highest BCUT2D eigenvalue weighted by Gasteiger charge is 2.19. The lowest BCUT2D eigenvalue weighted by molar-refractivity contribution is -0.122. The fourth-order valence-electron chi connectivity index (χ4n) is 2.18. The van der Waals surface area contributed by atoms with Gasteiger partial charge >= 0.3 is 0 Å². The van der Waals surface area contributed by atoms with Crippen molar-refractivity contribution in [2.24, 2.45) is 0 Å². The number of amides is 1. The van der Waals surface area contributed by atoms with Gasteiger partial charge in [-0.05, 0) is 49.2 Å². The first kappa shape index (κ1) is 17.6. The number of anilines is 1. The van der Waals surface area contributed by atoms with Crippen LogP contribution in [0.3, 0.4) is 0 Å². The number of benzene rings is 2. The van der Waals surface area contributed by atoms with Gasteiger partial charge in [0.25, 0.3) is 5.91 Å². The molecule has 0 fully saturated rings. The number of aryl methyl sites for hydroxylation is 1. The number of carbonyl (C=O) groups excluding carboxylic acids is 1. The number of para-hydroxylation sites is 1. The molecule has 0 bridgehead atoms. The minimum atomic E-state index is -0.539. The van der Waals surface area contributed by atoms with Crippen molar-refractivity contribution in [1.29, 1.82) is 0 Å². The van der Waals surface area contributed by atoms with Crippen LogP contribution >= 0.6 is 0 Å². The van der Waals surface area contributed by atoms with Crippen molar-refractivity contribution in [2.45, 2.75) is 26.4 Å². The van der Waals surface area contributed by atoms with E-state index >= 15 is 0 Å². The van der Waals surface area contributed by atoms with Gasteiger partial charge in [0.15, 0.2) is 6.10 Å². The van der Waals surface area contributed by atoms with E-state index in [2.05, 4.69) is 11.9 Å². The summed E-state index contributed by atoms with van der Waals surface area (Å²) in [5, 5.41) is 2.88. The molecule has 0 aliphatic rings. The first-order valence-corrected chi connectivity index (χ1v) is 8.01. The van der Waals surface area contributed by atoms with Crippen molar-refractivity contribution in [2.75, 3.05) is 11.9 Å². The summed E-state index contributed by atoms with van der Waals surface area (Å²) in [7, 11) is 0. The van der Waals surface area contributed by atoms with Crippen molar-refractivity contribution in [3.8, 4) is 11.5 Å². The molecule has 4 heteroatoms. The molecule has 0 saturated heterocycles. The van der Waals surface area contributed by atoms with Crippen molar-refractivity contribution >= 4 is 11.6 Å². The number of rotatable bonds is 8. The average molecular weight is 325 g/mol. The third-order valence-electron chi connectivity index (χ3n) is 3.52. The van der Waals surface area contributed by atoms with Gasteiger partial charge in [0.1, 0.15) is 18.1 Å². The molecular weight excluding hydrogens is 302 g/mol. The number of hydrogen-bond donors (Lipinski definition) is 1. The second-order valence-electron chi connectivity index (χ2n) is 5.39. The van der Waals surface area contributed by atoms with Gasteiger partial charge in [-0.2, -0.15) is 0 Å². The lowest BCUT2D eigenvalue weighted by Crippen LogP contribution is -2.32. The quantitative estimate of drug-likeness (QED) is 0.734. The smallest absolute Gasteiger partial charge is 0.265 e. The zero-order chi connectivity index (χ0) is 17.4. The third kappa shape index (κ3) is 4.88. The molecule has 0 saturated carbocycles. The molecular formula is C20H23NO3. The molecule has 0 aliphatic carbocycles. The lowest BCUT2D eigenvalue weighted by Gasteiger charge is -2.18. The molecule has 0 aliphatic heterocycles. The zero-order valence-electron chi connectivity index (χ0n) is 14.1. The summed E-state index contributed by atoms with van der Waals surface area (Å²) in [4.78, 5) is 12.4. The van der Waals surface area contributed by atoms with Gasteiger partial charge in [0, 0.05) is 5.69 Å². The number of hydrogen-bond acceptors (Lipinski definition) is 3. The number of ether oxygens (including phenoxy) is 2. The highest BCUT2D eigenvalue weighted by atomic mass is 16.5. The van der Waals surface area contributed by atoms with Crippen LogP contribution in [-0.2, 0) is 4.79 Å².